The van der Waals surface area contributed by atoms with Gasteiger partial charge in [0.1, 0.15) is 11.5 Å². The molecule has 0 saturated carbocycles. The maximum Gasteiger partial charge on any atom is 0.131 e. The van der Waals surface area contributed by atoms with Crippen molar-refractivity contribution in [3.63, 3.8) is 0 Å². The van der Waals surface area contributed by atoms with Gasteiger partial charge in [-0.3, -0.25) is 0 Å². The van der Waals surface area contributed by atoms with Crippen molar-refractivity contribution in [3.8, 4) is 11.5 Å². The van der Waals surface area contributed by atoms with Gasteiger partial charge in [0.2, 0.25) is 0 Å². The molecule has 3 N–H and O–H groups in total. The average molecular weight is 257 g/mol. The van der Waals surface area contributed by atoms with Crippen molar-refractivity contribution in [1.82, 2.24) is 0 Å². The normalized spacial score (nSPS) is 10.5. The van der Waals surface area contributed by atoms with Gasteiger partial charge in [-0.2, -0.15) is 0 Å². The van der Waals surface area contributed by atoms with E-state index in [1.807, 2.05) is 49.4 Å². The summed E-state index contributed by atoms with van der Waals surface area (Å²) in [5, 5.41) is 9.07. The van der Waals surface area contributed by atoms with Gasteiger partial charge in [0, 0.05) is 18.7 Å². The van der Waals surface area contributed by atoms with Crippen LogP contribution in [-0.2, 0) is 13.0 Å². The average Bonchev–Trinajstić information content (AvgIpc) is 2.43. The Morgan fingerprint density at radius 2 is 1.79 bits per heavy atom. The Morgan fingerprint density at radius 3 is 2.53 bits per heavy atom. The number of hydrogen-bond donors (Lipinski definition) is 2. The quantitative estimate of drug-likeness (QED) is 0.866. The van der Waals surface area contributed by atoms with Crippen LogP contribution in [0.1, 0.15) is 16.7 Å². The Balaban J connectivity index is 2.30. The highest BCUT2D eigenvalue weighted by atomic mass is 16.5. The monoisotopic (exact) mass is 257 g/mol. The van der Waals surface area contributed by atoms with Gasteiger partial charge in [-0.05, 0) is 31.0 Å². The van der Waals surface area contributed by atoms with Gasteiger partial charge < -0.3 is 15.6 Å². The molecule has 0 aliphatic rings. The molecule has 100 valence electrons. The van der Waals surface area contributed by atoms with Crippen LogP contribution in [0.3, 0.4) is 0 Å². The summed E-state index contributed by atoms with van der Waals surface area (Å²) in [5.74, 6) is 1.55. The van der Waals surface area contributed by atoms with Crippen LogP contribution in [0, 0.1) is 6.92 Å². The molecule has 0 aromatic heterocycles. The minimum Gasteiger partial charge on any atom is -0.457 e. The molecule has 2 aromatic rings. The molecule has 0 aliphatic carbocycles. The lowest BCUT2D eigenvalue weighted by Crippen LogP contribution is -2.01. The summed E-state index contributed by atoms with van der Waals surface area (Å²) in [7, 11) is 0. The van der Waals surface area contributed by atoms with Gasteiger partial charge in [0.05, 0.1) is 0 Å². The molecule has 0 atom stereocenters. The van der Waals surface area contributed by atoms with E-state index in [1.165, 1.54) is 0 Å². The van der Waals surface area contributed by atoms with Crippen LogP contribution in [-0.4, -0.2) is 11.7 Å². The summed E-state index contributed by atoms with van der Waals surface area (Å²) in [6, 6.07) is 13.7. The first-order valence-electron chi connectivity index (χ1n) is 6.41. The van der Waals surface area contributed by atoms with Crippen LogP contribution < -0.4 is 10.5 Å². The second kappa shape index (κ2) is 6.36. The number of aliphatic hydroxyl groups is 1. The van der Waals surface area contributed by atoms with E-state index in [4.69, 9.17) is 15.6 Å². The fourth-order valence-electron chi connectivity index (χ4n) is 2.02. The molecule has 3 nitrogen and oxygen atoms in total. The van der Waals surface area contributed by atoms with E-state index < -0.39 is 0 Å². The van der Waals surface area contributed by atoms with E-state index in [0.29, 0.717) is 13.0 Å². The summed E-state index contributed by atoms with van der Waals surface area (Å²) in [5.41, 5.74) is 8.89. The SMILES string of the molecule is Cc1ccc(Oc2ccccc2CCO)c(CN)c1. The van der Waals surface area contributed by atoms with Gasteiger partial charge in [0.25, 0.3) is 0 Å². The first-order chi connectivity index (χ1) is 9.24. The van der Waals surface area contributed by atoms with Crippen molar-refractivity contribution in [2.24, 2.45) is 5.73 Å². The molecule has 0 fully saturated rings. The lowest BCUT2D eigenvalue weighted by atomic mass is 10.1. The number of rotatable bonds is 5. The van der Waals surface area contributed by atoms with Crippen molar-refractivity contribution in [2.45, 2.75) is 19.9 Å². The molecule has 19 heavy (non-hydrogen) atoms. The minimum absolute atomic E-state index is 0.109. The molecule has 0 aliphatic heterocycles. The second-order valence-corrected chi connectivity index (χ2v) is 4.50. The van der Waals surface area contributed by atoms with Crippen LogP contribution in [0.25, 0.3) is 0 Å². The van der Waals surface area contributed by atoms with Gasteiger partial charge >= 0.3 is 0 Å². The van der Waals surface area contributed by atoms with Crippen LogP contribution in [0.15, 0.2) is 42.5 Å². The molecule has 0 amide bonds. The highest BCUT2D eigenvalue weighted by Crippen LogP contribution is 2.28. The Labute approximate surface area is 113 Å². The molecule has 0 unspecified atom stereocenters. The number of ether oxygens (including phenoxy) is 1. The molecule has 2 aromatic carbocycles. The first-order valence-corrected chi connectivity index (χ1v) is 6.41. The molecule has 0 saturated heterocycles. The molecular weight excluding hydrogens is 238 g/mol. The van der Waals surface area contributed by atoms with E-state index in [-0.39, 0.29) is 6.61 Å². The van der Waals surface area contributed by atoms with Crippen molar-refractivity contribution in [1.29, 1.82) is 0 Å². The maximum atomic E-state index is 9.07. The van der Waals surface area contributed by atoms with Crippen LogP contribution in [0.5, 0.6) is 11.5 Å². The zero-order valence-electron chi connectivity index (χ0n) is 11.1. The Hall–Kier alpha value is -1.84. The fraction of sp³-hybridized carbons (Fsp3) is 0.250. The molecule has 0 spiro atoms. The van der Waals surface area contributed by atoms with Crippen molar-refractivity contribution in [3.05, 3.63) is 59.2 Å². The first kappa shape index (κ1) is 13.6. The molecular formula is C16H19NO2. The third-order valence-corrected chi connectivity index (χ3v) is 3.01. The number of nitrogens with two attached hydrogens (primary N) is 1. The number of benzene rings is 2. The fourth-order valence-corrected chi connectivity index (χ4v) is 2.02. The van der Waals surface area contributed by atoms with Crippen LogP contribution in [0.4, 0.5) is 0 Å². The predicted octanol–water partition coefficient (Wildman–Crippen LogP) is 2.78. The maximum absolute atomic E-state index is 9.07. The summed E-state index contributed by atoms with van der Waals surface area (Å²) >= 11 is 0. The van der Waals surface area contributed by atoms with Crippen LogP contribution in [0.2, 0.25) is 0 Å². The second-order valence-electron chi connectivity index (χ2n) is 4.50. The highest BCUT2D eigenvalue weighted by Gasteiger charge is 2.07. The van der Waals surface area contributed by atoms with E-state index in [1.54, 1.807) is 0 Å². The number of para-hydroxylation sites is 1. The third kappa shape index (κ3) is 3.34. The highest BCUT2D eigenvalue weighted by molar-refractivity contribution is 5.42. The standard InChI is InChI=1S/C16H19NO2/c1-12-6-7-16(14(10-12)11-17)19-15-5-3-2-4-13(15)8-9-18/h2-7,10,18H,8-9,11,17H2,1H3. The van der Waals surface area contributed by atoms with Gasteiger partial charge in [-0.1, -0.05) is 35.9 Å². The zero-order valence-corrected chi connectivity index (χ0v) is 11.1. The Kier molecular flexibility index (Phi) is 4.55. The Morgan fingerprint density at radius 1 is 1.05 bits per heavy atom. The van der Waals surface area contributed by atoms with Gasteiger partial charge in [-0.25, -0.2) is 0 Å². The Bertz CT molecular complexity index is 552. The molecule has 0 radical (unpaired) electrons. The molecule has 2 rings (SSSR count). The smallest absolute Gasteiger partial charge is 0.131 e. The summed E-state index contributed by atoms with van der Waals surface area (Å²) < 4.78 is 5.95. The lowest BCUT2D eigenvalue weighted by molar-refractivity contribution is 0.298. The summed E-state index contributed by atoms with van der Waals surface area (Å²) in [6.07, 6.45) is 0.583. The number of hydrogen-bond acceptors (Lipinski definition) is 3. The number of aliphatic hydroxyl groups excluding tert-OH is 1. The topological polar surface area (TPSA) is 55.5 Å². The summed E-state index contributed by atoms with van der Waals surface area (Å²) in [4.78, 5) is 0. The zero-order chi connectivity index (χ0) is 13.7. The van der Waals surface area contributed by atoms with Gasteiger partial charge in [-0.15, -0.1) is 0 Å². The molecule has 0 heterocycles. The molecule has 0 bridgehead atoms. The molecule has 3 heteroatoms. The van der Waals surface area contributed by atoms with Crippen molar-refractivity contribution in [2.75, 3.05) is 6.61 Å². The minimum atomic E-state index is 0.109. The predicted molar refractivity (Wildman–Crippen MR) is 76.4 cm³/mol. The van der Waals surface area contributed by atoms with Gasteiger partial charge in [0.15, 0.2) is 0 Å². The van der Waals surface area contributed by atoms with Crippen molar-refractivity contribution >= 4 is 0 Å². The van der Waals surface area contributed by atoms with E-state index in [2.05, 4.69) is 0 Å². The van der Waals surface area contributed by atoms with E-state index in [0.717, 1.165) is 28.2 Å². The largest absolute Gasteiger partial charge is 0.457 e. The lowest BCUT2D eigenvalue weighted by Gasteiger charge is -2.13. The van der Waals surface area contributed by atoms with E-state index >= 15 is 0 Å². The van der Waals surface area contributed by atoms with E-state index in [9.17, 15) is 0 Å². The van der Waals surface area contributed by atoms with Crippen LogP contribution >= 0.6 is 0 Å². The number of aryl methyl sites for hydroxylation is 1. The third-order valence-electron chi connectivity index (χ3n) is 3.01. The van der Waals surface area contributed by atoms with Crippen molar-refractivity contribution < 1.29 is 9.84 Å². The summed E-state index contributed by atoms with van der Waals surface area (Å²) in [6.45, 7) is 2.58.